The fourth-order valence-electron chi connectivity index (χ4n) is 3.84. The van der Waals surface area contributed by atoms with E-state index in [1.165, 1.54) is 0 Å². The molecule has 1 unspecified atom stereocenters. The normalized spacial score (nSPS) is 18.7. The Bertz CT molecular complexity index is 1120. The number of ether oxygens (including phenoxy) is 1. The number of hydrogen-bond acceptors (Lipinski definition) is 3. The molecule has 2 aromatic carbocycles. The summed E-state index contributed by atoms with van der Waals surface area (Å²) < 4.78 is 7.45. The maximum Gasteiger partial charge on any atom is 0.268 e. The number of hydrogen-bond donors (Lipinski definition) is 1. The lowest BCUT2D eigenvalue weighted by Crippen LogP contribution is -2.47. The Morgan fingerprint density at radius 2 is 2.03 bits per heavy atom. The minimum Gasteiger partial charge on any atom is -0.379 e. The summed E-state index contributed by atoms with van der Waals surface area (Å²) in [5, 5.41) is 13.7. The Morgan fingerprint density at radius 1 is 1.28 bits per heavy atom. The van der Waals surface area contributed by atoms with Crippen molar-refractivity contribution in [2.45, 2.75) is 18.4 Å². The number of fused-ring (bicyclic) bond motifs is 1. The number of halogens is 2. The highest BCUT2D eigenvalue weighted by atomic mass is 35.5. The lowest BCUT2D eigenvalue weighted by molar-refractivity contribution is 0.0868. The van der Waals surface area contributed by atoms with Crippen LogP contribution in [-0.2, 0) is 23.7 Å². The van der Waals surface area contributed by atoms with Crippen molar-refractivity contribution >= 4 is 40.0 Å². The van der Waals surface area contributed by atoms with Crippen LogP contribution in [0.15, 0.2) is 42.5 Å². The number of nitriles is 1. The van der Waals surface area contributed by atoms with Gasteiger partial charge in [-0.15, -0.1) is 0 Å². The summed E-state index contributed by atoms with van der Waals surface area (Å²) in [7, 11) is 1.83. The molecular weight excluding hydrogens is 409 g/mol. The molecule has 29 heavy (non-hydrogen) atoms. The molecular formula is C22H19Cl2N3O2. The summed E-state index contributed by atoms with van der Waals surface area (Å²) in [6, 6.07) is 15.2. The molecule has 1 amide bonds. The van der Waals surface area contributed by atoms with Crippen LogP contribution < -0.4 is 5.32 Å². The number of amides is 1. The molecule has 3 aromatic rings. The Morgan fingerprint density at radius 3 is 2.69 bits per heavy atom. The average molecular weight is 428 g/mol. The van der Waals surface area contributed by atoms with E-state index in [-0.39, 0.29) is 5.91 Å². The predicted octanol–water partition coefficient (Wildman–Crippen LogP) is 4.60. The third-order valence-electron chi connectivity index (χ3n) is 5.51. The fraction of sp³-hybridized carbons (Fsp3) is 0.273. The summed E-state index contributed by atoms with van der Waals surface area (Å²) in [5.41, 5.74) is 2.63. The van der Waals surface area contributed by atoms with Crippen LogP contribution in [0, 0.1) is 11.3 Å². The van der Waals surface area contributed by atoms with Crippen molar-refractivity contribution < 1.29 is 9.53 Å². The van der Waals surface area contributed by atoms with E-state index >= 15 is 0 Å². The van der Waals surface area contributed by atoms with E-state index in [0.717, 1.165) is 22.0 Å². The molecule has 0 spiro atoms. The smallest absolute Gasteiger partial charge is 0.268 e. The molecule has 7 heteroatoms. The van der Waals surface area contributed by atoms with Crippen LogP contribution in [0.2, 0.25) is 10.0 Å². The molecule has 1 fully saturated rings. The van der Waals surface area contributed by atoms with E-state index in [1.54, 1.807) is 12.1 Å². The second-order valence-electron chi connectivity index (χ2n) is 7.25. The van der Waals surface area contributed by atoms with Gasteiger partial charge in [-0.1, -0.05) is 47.5 Å². The lowest BCUT2D eigenvalue weighted by Gasteiger charge is -2.29. The molecule has 0 bridgehead atoms. The first-order chi connectivity index (χ1) is 13.9. The average Bonchev–Trinajstić information content (AvgIpc) is 3.31. The zero-order valence-corrected chi connectivity index (χ0v) is 17.3. The number of carbonyl (C=O) groups is 1. The highest BCUT2D eigenvalue weighted by Gasteiger charge is 2.39. The summed E-state index contributed by atoms with van der Waals surface area (Å²) in [4.78, 5) is 13.2. The predicted molar refractivity (Wildman–Crippen MR) is 113 cm³/mol. The van der Waals surface area contributed by atoms with Crippen molar-refractivity contribution in [3.63, 3.8) is 0 Å². The van der Waals surface area contributed by atoms with Crippen molar-refractivity contribution in [3.8, 4) is 6.07 Å². The molecule has 0 radical (unpaired) electrons. The van der Waals surface area contributed by atoms with Gasteiger partial charge in [0.05, 0.1) is 34.7 Å². The lowest BCUT2D eigenvalue weighted by atomic mass is 9.88. The minimum atomic E-state index is -0.611. The third kappa shape index (κ3) is 3.49. The molecule has 0 saturated carbocycles. The summed E-state index contributed by atoms with van der Waals surface area (Å²) in [6.07, 6.45) is 1.03. The number of aromatic nitrogens is 1. The van der Waals surface area contributed by atoms with Gasteiger partial charge < -0.3 is 14.6 Å². The number of nitrogens with zero attached hydrogens (tertiary/aromatic N) is 2. The Labute approximate surface area is 178 Å². The first-order valence-electron chi connectivity index (χ1n) is 9.25. The zero-order chi connectivity index (χ0) is 20.6. The van der Waals surface area contributed by atoms with Crippen molar-refractivity contribution in [1.82, 2.24) is 9.88 Å². The van der Waals surface area contributed by atoms with Gasteiger partial charge in [-0.3, -0.25) is 4.79 Å². The standard InChI is InChI=1S/C22H19Cl2N3O2/c1-27-18-7-6-17(23)20(24)16(18)12-19(27)21(28)26-22(9-11-29-13-22)15-4-2-14(3-5-15)8-10-25/h2-7,12H,8-9,11,13H2,1H3,(H,26,28). The number of benzene rings is 2. The van der Waals surface area contributed by atoms with Crippen molar-refractivity contribution in [1.29, 1.82) is 5.26 Å². The molecule has 1 N–H and O–H groups in total. The number of rotatable bonds is 4. The van der Waals surface area contributed by atoms with Crippen LogP contribution in [0.4, 0.5) is 0 Å². The van der Waals surface area contributed by atoms with Gasteiger partial charge in [0.25, 0.3) is 5.91 Å². The van der Waals surface area contributed by atoms with Crippen molar-refractivity contribution in [3.05, 3.63) is 69.3 Å². The van der Waals surface area contributed by atoms with Crippen LogP contribution in [-0.4, -0.2) is 23.7 Å². The molecule has 148 valence electrons. The van der Waals surface area contributed by atoms with Gasteiger partial charge >= 0.3 is 0 Å². The van der Waals surface area contributed by atoms with Gasteiger partial charge in [-0.2, -0.15) is 5.26 Å². The van der Waals surface area contributed by atoms with Crippen LogP contribution in [0.5, 0.6) is 0 Å². The van der Waals surface area contributed by atoms with Gasteiger partial charge in [-0.05, 0) is 29.3 Å². The Balaban J connectivity index is 1.68. The first kappa shape index (κ1) is 19.8. The summed E-state index contributed by atoms with van der Waals surface area (Å²) in [5.74, 6) is -0.206. The summed E-state index contributed by atoms with van der Waals surface area (Å²) >= 11 is 12.5. The largest absolute Gasteiger partial charge is 0.379 e. The van der Waals surface area contributed by atoms with Gasteiger partial charge in [-0.25, -0.2) is 0 Å². The second kappa shape index (κ2) is 7.72. The highest BCUT2D eigenvalue weighted by Crippen LogP contribution is 2.34. The van der Waals surface area contributed by atoms with Gasteiger partial charge in [0.2, 0.25) is 0 Å². The number of nitrogens with one attached hydrogen (secondary N) is 1. The van der Waals surface area contributed by atoms with Crippen LogP contribution in [0.25, 0.3) is 10.9 Å². The van der Waals surface area contributed by atoms with Crippen LogP contribution in [0.1, 0.15) is 28.0 Å². The second-order valence-corrected chi connectivity index (χ2v) is 8.04. The zero-order valence-electron chi connectivity index (χ0n) is 15.8. The van der Waals surface area contributed by atoms with Crippen LogP contribution in [0.3, 0.4) is 0 Å². The van der Waals surface area contributed by atoms with Crippen molar-refractivity contribution in [2.24, 2.45) is 7.05 Å². The maximum absolute atomic E-state index is 13.2. The summed E-state index contributed by atoms with van der Waals surface area (Å²) in [6.45, 7) is 0.962. The first-order valence-corrected chi connectivity index (χ1v) is 10.0. The van der Waals surface area contributed by atoms with Gasteiger partial charge in [0, 0.05) is 31.0 Å². The maximum atomic E-state index is 13.2. The molecule has 2 heterocycles. The van der Waals surface area contributed by atoms with Gasteiger partial charge in [0.1, 0.15) is 5.69 Å². The fourth-order valence-corrected chi connectivity index (χ4v) is 4.22. The molecule has 1 saturated heterocycles. The van der Waals surface area contributed by atoms with E-state index in [0.29, 0.717) is 41.8 Å². The van der Waals surface area contributed by atoms with E-state index in [2.05, 4.69) is 11.4 Å². The van der Waals surface area contributed by atoms with Crippen LogP contribution >= 0.6 is 23.2 Å². The molecule has 1 atom stereocenters. The monoisotopic (exact) mass is 427 g/mol. The molecule has 1 aliphatic rings. The van der Waals surface area contributed by atoms with Crippen molar-refractivity contribution in [2.75, 3.05) is 13.2 Å². The van der Waals surface area contributed by atoms with Gasteiger partial charge in [0.15, 0.2) is 0 Å². The van der Waals surface area contributed by atoms with E-state index in [4.69, 9.17) is 33.2 Å². The van der Waals surface area contributed by atoms with E-state index in [9.17, 15) is 4.79 Å². The number of carbonyl (C=O) groups excluding carboxylic acids is 1. The SMILES string of the molecule is Cn1c(C(=O)NC2(c3ccc(CC#N)cc3)CCOC2)cc2c(Cl)c(Cl)ccc21. The van der Waals surface area contributed by atoms with E-state index < -0.39 is 5.54 Å². The Kier molecular flexibility index (Phi) is 5.26. The molecule has 5 nitrogen and oxygen atoms in total. The molecule has 0 aliphatic carbocycles. The minimum absolute atomic E-state index is 0.206. The topological polar surface area (TPSA) is 67.0 Å². The molecule has 1 aliphatic heterocycles. The Hall–Kier alpha value is -2.52. The quantitative estimate of drug-likeness (QED) is 0.661. The number of aryl methyl sites for hydroxylation is 1. The van der Waals surface area contributed by atoms with E-state index in [1.807, 2.05) is 41.9 Å². The third-order valence-corrected chi connectivity index (χ3v) is 6.33. The molecule has 4 rings (SSSR count). The highest BCUT2D eigenvalue weighted by molar-refractivity contribution is 6.45. The molecule has 1 aromatic heterocycles.